The van der Waals surface area contributed by atoms with Crippen molar-refractivity contribution in [2.45, 2.75) is 6.54 Å². The van der Waals surface area contributed by atoms with Gasteiger partial charge in [-0.15, -0.1) is 0 Å². The molecule has 0 spiro atoms. The van der Waals surface area contributed by atoms with Crippen LogP contribution in [0.5, 0.6) is 5.75 Å². The molecule has 0 aliphatic carbocycles. The van der Waals surface area contributed by atoms with Gasteiger partial charge < -0.3 is 14.8 Å². The lowest BCUT2D eigenvalue weighted by molar-refractivity contribution is -0.118. The second-order valence-electron chi connectivity index (χ2n) is 4.10. The number of anilines is 1. The standard InChI is InChI=1S/C12H16N2O3/c1-14(8-16-2)6-9-3-4-11-10(5-9)13-12(15)7-17-11/h3-5H,6-8H2,1-2H3,(H,13,15). The summed E-state index contributed by atoms with van der Waals surface area (Å²) in [5.41, 5.74) is 1.85. The van der Waals surface area contributed by atoms with Crippen molar-refractivity contribution < 1.29 is 14.3 Å². The number of nitrogens with one attached hydrogen (secondary N) is 1. The van der Waals surface area contributed by atoms with E-state index in [1.807, 2.05) is 30.1 Å². The zero-order chi connectivity index (χ0) is 12.3. The van der Waals surface area contributed by atoms with Crippen LogP contribution >= 0.6 is 0 Å². The van der Waals surface area contributed by atoms with Crippen molar-refractivity contribution in [3.8, 4) is 5.75 Å². The fourth-order valence-electron chi connectivity index (χ4n) is 1.81. The van der Waals surface area contributed by atoms with E-state index in [-0.39, 0.29) is 12.5 Å². The van der Waals surface area contributed by atoms with Crippen LogP contribution in [0.2, 0.25) is 0 Å². The third-order valence-corrected chi connectivity index (χ3v) is 2.48. The smallest absolute Gasteiger partial charge is 0.262 e. The molecule has 0 fully saturated rings. The summed E-state index contributed by atoms with van der Waals surface area (Å²) in [6.45, 7) is 1.42. The van der Waals surface area contributed by atoms with Gasteiger partial charge in [0.15, 0.2) is 6.61 Å². The van der Waals surface area contributed by atoms with Gasteiger partial charge in [-0.3, -0.25) is 9.69 Å². The van der Waals surface area contributed by atoms with Crippen LogP contribution in [-0.2, 0) is 16.1 Å². The Morgan fingerprint density at radius 3 is 3.12 bits per heavy atom. The minimum absolute atomic E-state index is 0.0932. The summed E-state index contributed by atoms with van der Waals surface area (Å²) in [6, 6.07) is 5.80. The number of carbonyl (C=O) groups is 1. The molecule has 5 nitrogen and oxygen atoms in total. The first-order valence-electron chi connectivity index (χ1n) is 5.42. The lowest BCUT2D eigenvalue weighted by Crippen LogP contribution is -2.26. The van der Waals surface area contributed by atoms with Crippen molar-refractivity contribution >= 4 is 11.6 Å². The fourth-order valence-corrected chi connectivity index (χ4v) is 1.81. The number of benzene rings is 1. The van der Waals surface area contributed by atoms with Crippen molar-refractivity contribution in [1.29, 1.82) is 0 Å². The van der Waals surface area contributed by atoms with Gasteiger partial charge >= 0.3 is 0 Å². The molecule has 1 amide bonds. The van der Waals surface area contributed by atoms with Crippen LogP contribution in [0.4, 0.5) is 5.69 Å². The quantitative estimate of drug-likeness (QED) is 0.794. The minimum Gasteiger partial charge on any atom is -0.482 e. The molecule has 2 rings (SSSR count). The Bertz CT molecular complexity index is 420. The van der Waals surface area contributed by atoms with Gasteiger partial charge in [-0.05, 0) is 24.7 Å². The average Bonchev–Trinajstić information content (AvgIpc) is 2.28. The SMILES string of the molecule is COCN(C)Cc1ccc2c(c1)NC(=O)CO2. The zero-order valence-corrected chi connectivity index (χ0v) is 10.0. The van der Waals surface area contributed by atoms with Crippen molar-refractivity contribution in [2.24, 2.45) is 0 Å². The monoisotopic (exact) mass is 236 g/mol. The van der Waals surface area contributed by atoms with Gasteiger partial charge in [0, 0.05) is 13.7 Å². The lowest BCUT2D eigenvalue weighted by Gasteiger charge is -2.20. The maximum absolute atomic E-state index is 11.2. The summed E-state index contributed by atoms with van der Waals surface area (Å²) in [4.78, 5) is 13.2. The van der Waals surface area contributed by atoms with Crippen LogP contribution in [0, 0.1) is 0 Å². The maximum Gasteiger partial charge on any atom is 0.262 e. The number of hydrogen-bond donors (Lipinski definition) is 1. The van der Waals surface area contributed by atoms with E-state index in [4.69, 9.17) is 9.47 Å². The molecule has 5 heteroatoms. The molecular formula is C12H16N2O3. The highest BCUT2D eigenvalue weighted by molar-refractivity contribution is 5.95. The molecule has 0 saturated carbocycles. The number of hydrogen-bond acceptors (Lipinski definition) is 4. The van der Waals surface area contributed by atoms with Crippen LogP contribution in [0.3, 0.4) is 0 Å². The molecule has 0 bridgehead atoms. The highest BCUT2D eigenvalue weighted by atomic mass is 16.5. The Balaban J connectivity index is 2.10. The number of carbonyl (C=O) groups excluding carboxylic acids is 1. The first kappa shape index (κ1) is 11.9. The zero-order valence-electron chi connectivity index (χ0n) is 10.0. The number of amides is 1. The maximum atomic E-state index is 11.2. The third-order valence-electron chi connectivity index (χ3n) is 2.48. The largest absolute Gasteiger partial charge is 0.482 e. The van der Waals surface area contributed by atoms with Crippen LogP contribution in [0.1, 0.15) is 5.56 Å². The Kier molecular flexibility index (Phi) is 3.61. The molecule has 1 aliphatic heterocycles. The number of ether oxygens (including phenoxy) is 2. The molecule has 1 aromatic carbocycles. The number of methoxy groups -OCH3 is 1. The summed E-state index contributed by atoms with van der Waals surface area (Å²) in [5, 5.41) is 2.79. The van der Waals surface area contributed by atoms with E-state index in [1.165, 1.54) is 0 Å². The van der Waals surface area contributed by atoms with Gasteiger partial charge in [-0.25, -0.2) is 0 Å². The number of nitrogens with zero attached hydrogens (tertiary/aromatic N) is 1. The summed E-state index contributed by atoms with van der Waals surface area (Å²) in [6.07, 6.45) is 0. The van der Waals surface area contributed by atoms with Gasteiger partial charge in [0.05, 0.1) is 12.4 Å². The summed E-state index contributed by atoms with van der Waals surface area (Å²) in [5.74, 6) is 0.614. The Labute approximate surface area is 100 Å². The molecule has 92 valence electrons. The molecular weight excluding hydrogens is 220 g/mol. The molecule has 1 N–H and O–H groups in total. The highest BCUT2D eigenvalue weighted by Gasteiger charge is 2.16. The second kappa shape index (κ2) is 5.16. The molecule has 0 atom stereocenters. The van der Waals surface area contributed by atoms with E-state index >= 15 is 0 Å². The van der Waals surface area contributed by atoms with Gasteiger partial charge in [0.2, 0.25) is 0 Å². The Hall–Kier alpha value is -1.59. The Morgan fingerprint density at radius 1 is 1.53 bits per heavy atom. The summed E-state index contributed by atoms with van der Waals surface area (Å²) >= 11 is 0. The lowest BCUT2D eigenvalue weighted by atomic mass is 10.1. The molecule has 0 unspecified atom stereocenters. The molecule has 0 radical (unpaired) electrons. The molecule has 1 aromatic rings. The van der Waals surface area contributed by atoms with E-state index in [2.05, 4.69) is 5.32 Å². The average molecular weight is 236 g/mol. The fraction of sp³-hybridized carbons (Fsp3) is 0.417. The van der Waals surface area contributed by atoms with Crippen molar-refractivity contribution in [3.63, 3.8) is 0 Å². The molecule has 0 saturated heterocycles. The van der Waals surface area contributed by atoms with Crippen LogP contribution in [0.25, 0.3) is 0 Å². The van der Waals surface area contributed by atoms with E-state index in [0.717, 1.165) is 23.5 Å². The van der Waals surface area contributed by atoms with E-state index in [9.17, 15) is 4.79 Å². The summed E-state index contributed by atoms with van der Waals surface area (Å²) < 4.78 is 10.3. The van der Waals surface area contributed by atoms with E-state index in [1.54, 1.807) is 7.11 Å². The topological polar surface area (TPSA) is 50.8 Å². The molecule has 1 aliphatic rings. The summed E-state index contributed by atoms with van der Waals surface area (Å²) in [7, 11) is 3.63. The number of rotatable bonds is 4. The number of fused-ring (bicyclic) bond motifs is 1. The van der Waals surface area contributed by atoms with Crippen molar-refractivity contribution in [3.05, 3.63) is 23.8 Å². The van der Waals surface area contributed by atoms with Crippen LogP contribution in [-0.4, -0.2) is 38.3 Å². The van der Waals surface area contributed by atoms with Gasteiger partial charge in [0.25, 0.3) is 5.91 Å². The Morgan fingerprint density at radius 2 is 2.35 bits per heavy atom. The minimum atomic E-state index is -0.111. The molecule has 1 heterocycles. The van der Waals surface area contributed by atoms with E-state index in [0.29, 0.717) is 6.73 Å². The van der Waals surface area contributed by atoms with E-state index < -0.39 is 0 Å². The molecule has 17 heavy (non-hydrogen) atoms. The van der Waals surface area contributed by atoms with Crippen LogP contribution < -0.4 is 10.1 Å². The normalized spacial score (nSPS) is 14.2. The van der Waals surface area contributed by atoms with Crippen molar-refractivity contribution in [1.82, 2.24) is 4.90 Å². The third kappa shape index (κ3) is 2.95. The highest BCUT2D eigenvalue weighted by Crippen LogP contribution is 2.28. The first-order valence-corrected chi connectivity index (χ1v) is 5.42. The van der Waals surface area contributed by atoms with Gasteiger partial charge in [-0.2, -0.15) is 0 Å². The predicted molar refractivity (Wildman–Crippen MR) is 63.9 cm³/mol. The van der Waals surface area contributed by atoms with Gasteiger partial charge in [0.1, 0.15) is 5.75 Å². The molecule has 0 aromatic heterocycles. The van der Waals surface area contributed by atoms with Crippen molar-refractivity contribution in [2.75, 3.05) is 32.8 Å². The van der Waals surface area contributed by atoms with Crippen LogP contribution in [0.15, 0.2) is 18.2 Å². The second-order valence-corrected chi connectivity index (χ2v) is 4.10. The first-order chi connectivity index (χ1) is 8.19. The predicted octanol–water partition coefficient (Wildman–Crippen LogP) is 1.05. The van der Waals surface area contributed by atoms with Gasteiger partial charge in [-0.1, -0.05) is 6.07 Å².